The molecule has 0 bridgehead atoms. The van der Waals surface area contributed by atoms with Crippen molar-refractivity contribution < 1.29 is 36.9 Å². The van der Waals surface area contributed by atoms with Crippen LogP contribution in [0.2, 0.25) is 0 Å². The Kier molecular flexibility index (Phi) is 5.77. The van der Waals surface area contributed by atoms with Gasteiger partial charge in [0.1, 0.15) is 5.69 Å². The van der Waals surface area contributed by atoms with Gasteiger partial charge in [-0.05, 0) is 36.8 Å². The summed E-state index contributed by atoms with van der Waals surface area (Å²) < 4.78 is 49.9. The van der Waals surface area contributed by atoms with Crippen LogP contribution in [-0.4, -0.2) is 28.5 Å². The summed E-state index contributed by atoms with van der Waals surface area (Å²) in [6.07, 6.45) is -2.84. The number of carbonyl (C=O) groups excluding carboxylic acids is 2. The van der Waals surface area contributed by atoms with E-state index in [9.17, 15) is 22.8 Å². The first-order chi connectivity index (χ1) is 12.6. The molecule has 5 nitrogen and oxygen atoms in total. The van der Waals surface area contributed by atoms with Crippen LogP contribution in [0.25, 0.3) is 0 Å². The fourth-order valence-electron chi connectivity index (χ4n) is 2.61. The number of nitrogens with zero attached hydrogens (tertiary/aromatic N) is 1. The number of benzene rings is 1. The summed E-state index contributed by atoms with van der Waals surface area (Å²) in [5, 5.41) is 0. The number of hydrogen-bond donors (Lipinski definition) is 0. The van der Waals surface area contributed by atoms with E-state index >= 15 is 0 Å². The molecule has 1 unspecified atom stereocenters. The van der Waals surface area contributed by atoms with Crippen LogP contribution in [0.4, 0.5) is 17.9 Å². The number of ketones is 2. The lowest BCUT2D eigenvalue weighted by Crippen LogP contribution is -2.53. The monoisotopic (exact) mass is 399 g/mol. The van der Waals surface area contributed by atoms with Crippen LogP contribution in [0.3, 0.4) is 0 Å². The van der Waals surface area contributed by atoms with Crippen molar-refractivity contribution in [3.05, 3.63) is 53.3 Å². The maximum Gasteiger partial charge on any atom is 0.471 e. The topological polar surface area (TPSA) is 65.5 Å². The van der Waals surface area contributed by atoms with Gasteiger partial charge in [-0.15, -0.1) is 0 Å². The third kappa shape index (κ3) is 3.97. The molecule has 0 aliphatic carbocycles. The van der Waals surface area contributed by atoms with Gasteiger partial charge in [-0.3, -0.25) is 19.3 Å². The number of carbonyl (C=O) groups is 2. The van der Waals surface area contributed by atoms with E-state index in [1.807, 2.05) is 0 Å². The van der Waals surface area contributed by atoms with Gasteiger partial charge >= 0.3 is 12.0 Å². The van der Waals surface area contributed by atoms with E-state index in [1.54, 1.807) is 19.1 Å². The molecule has 0 saturated heterocycles. The van der Waals surface area contributed by atoms with Crippen molar-refractivity contribution >= 4 is 11.6 Å². The number of alkyl halides is 3. The van der Waals surface area contributed by atoms with Gasteiger partial charge in [-0.2, -0.15) is 13.2 Å². The molecule has 150 valence electrons. The first-order valence-electron chi connectivity index (χ1n) is 8.17. The molecular weight excluding hydrogens is 382 g/mol. The van der Waals surface area contributed by atoms with Gasteiger partial charge in [0.05, 0.1) is 0 Å². The van der Waals surface area contributed by atoms with E-state index < -0.39 is 17.7 Å². The maximum atomic E-state index is 13.9. The highest BCUT2D eigenvalue weighted by molar-refractivity contribution is 6.02. The van der Waals surface area contributed by atoms with Crippen molar-refractivity contribution in [2.75, 3.05) is 0 Å². The van der Waals surface area contributed by atoms with Crippen LogP contribution in [0, 0.1) is 6.92 Å². The maximum absolute atomic E-state index is 13.9. The van der Waals surface area contributed by atoms with E-state index in [0.29, 0.717) is 18.2 Å². The van der Waals surface area contributed by atoms with Crippen molar-refractivity contribution in [2.45, 2.75) is 38.7 Å². The minimum Gasteiger partial charge on any atom is -0.446 e. The predicted octanol–water partition coefficient (Wildman–Crippen LogP) is 4.44. The number of rotatable bonds is 5. The molecule has 1 aliphatic heterocycles. The molecule has 0 spiro atoms. The third-order valence-electron chi connectivity index (χ3n) is 4.18. The van der Waals surface area contributed by atoms with Gasteiger partial charge in [-0.1, -0.05) is 6.07 Å². The number of fused-ring (bicyclic) bond motifs is 1. The summed E-state index contributed by atoms with van der Waals surface area (Å²) in [4.78, 5) is 28.5. The van der Waals surface area contributed by atoms with E-state index in [1.165, 1.54) is 12.3 Å². The van der Waals surface area contributed by atoms with Gasteiger partial charge in [0.15, 0.2) is 23.1 Å². The Morgan fingerprint density at radius 2 is 1.71 bits per heavy atom. The summed E-state index contributed by atoms with van der Waals surface area (Å²) >= 11 is 0. The normalized spacial score (nSPS) is 19.5. The fourth-order valence-corrected chi connectivity index (χ4v) is 2.61. The first kappa shape index (κ1) is 21.3. The molecule has 1 atom stereocenters. The number of pyridine rings is 1. The molecule has 1 aliphatic rings. The second kappa shape index (κ2) is 7.57. The summed E-state index contributed by atoms with van der Waals surface area (Å²) in [5.74, 6) is -4.74. The molecule has 3 rings (SSSR count). The van der Waals surface area contributed by atoms with E-state index in [2.05, 4.69) is 14.5 Å². The van der Waals surface area contributed by atoms with Gasteiger partial charge < -0.3 is 9.47 Å². The van der Waals surface area contributed by atoms with Crippen LogP contribution in [0.15, 0.2) is 36.5 Å². The van der Waals surface area contributed by atoms with Crippen molar-refractivity contribution in [2.24, 2.45) is 0 Å². The zero-order valence-corrected chi connectivity index (χ0v) is 15.0. The highest BCUT2D eigenvalue weighted by Gasteiger charge is 2.60. The number of Topliss-reactive ketones (excluding diaryl/α,β-unsaturated/α-hetero) is 2. The smallest absolute Gasteiger partial charge is 0.446 e. The molecule has 0 radical (unpaired) electrons. The lowest BCUT2D eigenvalue weighted by atomic mass is 10.0. The zero-order chi connectivity index (χ0) is 19.8. The molecule has 0 saturated carbocycles. The standard InChI is InChI=1S/C19H16F3NO4.FH/c1-11-4-3-9-23-17(11)14(25)7-6-13(24)12-5-8-15-16(10-12)26-18(2,20)19(21,22)27-15;/h3-5,8-10H,6-7H2,1-2H3;1H. The Bertz CT molecular complexity index is 915. The van der Waals surface area contributed by atoms with Gasteiger partial charge in [0, 0.05) is 31.5 Å². The predicted molar refractivity (Wildman–Crippen MR) is 91.5 cm³/mol. The van der Waals surface area contributed by atoms with Crippen LogP contribution in [0.1, 0.15) is 46.2 Å². The lowest BCUT2D eigenvalue weighted by molar-refractivity contribution is -0.332. The number of ether oxygens (including phenoxy) is 2. The van der Waals surface area contributed by atoms with Crippen LogP contribution in [0.5, 0.6) is 11.5 Å². The molecule has 2 aromatic rings. The fraction of sp³-hybridized carbons (Fsp3) is 0.316. The minimum absolute atomic E-state index is 0. The highest BCUT2D eigenvalue weighted by Crippen LogP contribution is 2.46. The van der Waals surface area contributed by atoms with Gasteiger partial charge in [-0.25, -0.2) is 0 Å². The van der Waals surface area contributed by atoms with Crippen LogP contribution in [-0.2, 0) is 0 Å². The van der Waals surface area contributed by atoms with Crippen molar-refractivity contribution in [1.29, 1.82) is 0 Å². The number of hydrogen-bond acceptors (Lipinski definition) is 5. The van der Waals surface area contributed by atoms with Gasteiger partial charge in [0.2, 0.25) is 0 Å². The Morgan fingerprint density at radius 3 is 2.39 bits per heavy atom. The minimum atomic E-state index is -4.15. The third-order valence-corrected chi connectivity index (χ3v) is 4.18. The summed E-state index contributed by atoms with van der Waals surface area (Å²) in [6.45, 7) is 2.28. The molecule has 0 fully saturated rings. The average Bonchev–Trinajstić information content (AvgIpc) is 2.60. The summed E-state index contributed by atoms with van der Waals surface area (Å²) in [7, 11) is 0. The molecule has 2 heterocycles. The van der Waals surface area contributed by atoms with Gasteiger partial charge in [0.25, 0.3) is 0 Å². The number of aryl methyl sites for hydroxylation is 1. The quantitative estimate of drug-likeness (QED) is 0.550. The van der Waals surface area contributed by atoms with E-state index in [-0.39, 0.29) is 40.4 Å². The number of aromatic nitrogens is 1. The summed E-state index contributed by atoms with van der Waals surface area (Å²) in [5.41, 5.74) is 1.10. The number of halogens is 4. The molecule has 9 heteroatoms. The second-order valence-electron chi connectivity index (χ2n) is 6.31. The SMILES string of the molecule is Cc1cccnc1C(=O)CCC(=O)c1ccc2c(c1)OC(C)(F)C(F)(F)O2.F. The molecule has 28 heavy (non-hydrogen) atoms. The Labute approximate surface area is 157 Å². The largest absolute Gasteiger partial charge is 0.471 e. The van der Waals surface area contributed by atoms with Crippen LogP contribution >= 0.6 is 0 Å². The Morgan fingerprint density at radius 1 is 1.04 bits per heavy atom. The van der Waals surface area contributed by atoms with Crippen LogP contribution < -0.4 is 9.47 Å². The second-order valence-corrected chi connectivity index (χ2v) is 6.31. The first-order valence-corrected chi connectivity index (χ1v) is 8.17. The van der Waals surface area contributed by atoms with E-state index in [4.69, 9.17) is 0 Å². The highest BCUT2D eigenvalue weighted by atomic mass is 19.3. The Hall–Kier alpha value is -2.97. The molecule has 1 aromatic carbocycles. The van der Waals surface area contributed by atoms with Crippen molar-refractivity contribution in [1.82, 2.24) is 4.98 Å². The molecule has 0 amide bonds. The molecular formula is C19H17F4NO4. The Balaban J connectivity index is 0.00000280. The zero-order valence-electron chi connectivity index (χ0n) is 15.0. The lowest BCUT2D eigenvalue weighted by Gasteiger charge is -2.35. The van der Waals surface area contributed by atoms with E-state index in [0.717, 1.165) is 12.1 Å². The van der Waals surface area contributed by atoms with Crippen molar-refractivity contribution in [3.8, 4) is 11.5 Å². The molecule has 0 N–H and O–H groups in total. The molecule has 1 aromatic heterocycles. The average molecular weight is 399 g/mol. The summed E-state index contributed by atoms with van der Waals surface area (Å²) in [6, 6.07) is 6.94. The van der Waals surface area contributed by atoms with Crippen molar-refractivity contribution in [3.63, 3.8) is 0 Å².